The van der Waals surface area contributed by atoms with Gasteiger partial charge in [0.15, 0.2) is 0 Å². The van der Waals surface area contributed by atoms with Gasteiger partial charge in [-0.2, -0.15) is 0 Å². The first-order valence-corrected chi connectivity index (χ1v) is 13.8. The minimum absolute atomic E-state index is 0.0490. The smallest absolute Gasteiger partial charge is 0.257 e. The van der Waals surface area contributed by atoms with E-state index in [1.165, 1.54) is 11.0 Å². The van der Waals surface area contributed by atoms with Gasteiger partial charge in [-0.05, 0) is 72.2 Å². The van der Waals surface area contributed by atoms with Crippen molar-refractivity contribution in [3.05, 3.63) is 100 Å². The Morgan fingerprint density at radius 2 is 1.73 bits per heavy atom. The molecule has 2 unspecified atom stereocenters. The number of aliphatic hydroxyl groups is 1. The Kier molecular flexibility index (Phi) is 8.64. The number of rotatable bonds is 6. The molecule has 1 aliphatic rings. The molecule has 1 fully saturated rings. The second-order valence-electron chi connectivity index (χ2n) is 11.9. The molecule has 1 aliphatic heterocycles. The minimum atomic E-state index is -0.972. The molecule has 1 heterocycles. The molecule has 0 bridgehead atoms. The van der Waals surface area contributed by atoms with Crippen molar-refractivity contribution in [2.24, 2.45) is 5.92 Å². The standard InChI is InChI=1S/C33H40FN3O3/c1-21-10-7-14-27(34)28(21)32(40)37-19-9-13-26(29(37)22-15-17-23(18-16-22)31(39)36(5)6)30(38)35-25-12-8-11-24(20-25)33(2,3)4/h7-8,10-12,14-18,20,26,29-30,35,38H,9,13,19H2,1-6H3/t26?,29?,30-/m1/s1. The van der Waals surface area contributed by atoms with Crippen LogP contribution in [0.5, 0.6) is 0 Å². The maximum atomic E-state index is 14.9. The van der Waals surface area contributed by atoms with Crippen LogP contribution in [0.15, 0.2) is 66.7 Å². The number of aryl methyl sites for hydroxylation is 1. The molecule has 1 saturated heterocycles. The van der Waals surface area contributed by atoms with Crippen LogP contribution in [0.25, 0.3) is 0 Å². The van der Waals surface area contributed by atoms with Crippen molar-refractivity contribution in [3.63, 3.8) is 0 Å². The number of likely N-dealkylation sites (tertiary alicyclic amines) is 1. The maximum absolute atomic E-state index is 14.9. The van der Waals surface area contributed by atoms with E-state index in [0.29, 0.717) is 30.5 Å². The number of carbonyl (C=O) groups excluding carboxylic acids is 2. The molecule has 0 aromatic heterocycles. The van der Waals surface area contributed by atoms with Crippen molar-refractivity contribution in [1.29, 1.82) is 0 Å². The third kappa shape index (κ3) is 6.20. The summed E-state index contributed by atoms with van der Waals surface area (Å²) in [5.74, 6) is -1.46. The summed E-state index contributed by atoms with van der Waals surface area (Å²) in [5, 5.41) is 14.8. The van der Waals surface area contributed by atoms with Gasteiger partial charge in [0.05, 0.1) is 11.6 Å². The van der Waals surface area contributed by atoms with Crippen molar-refractivity contribution < 1.29 is 19.1 Å². The molecule has 2 amide bonds. The number of aliphatic hydroxyl groups excluding tert-OH is 1. The number of nitrogens with zero attached hydrogens (tertiary/aromatic N) is 2. The maximum Gasteiger partial charge on any atom is 0.257 e. The summed E-state index contributed by atoms with van der Waals surface area (Å²) >= 11 is 0. The lowest BCUT2D eigenvalue weighted by molar-refractivity contribution is 0.0157. The van der Waals surface area contributed by atoms with Crippen molar-refractivity contribution >= 4 is 17.5 Å². The van der Waals surface area contributed by atoms with E-state index >= 15 is 0 Å². The number of piperidine rings is 1. The Hall–Kier alpha value is -3.71. The fourth-order valence-corrected chi connectivity index (χ4v) is 5.49. The van der Waals surface area contributed by atoms with Gasteiger partial charge in [0, 0.05) is 37.8 Å². The molecule has 0 saturated carbocycles. The first-order chi connectivity index (χ1) is 18.9. The van der Waals surface area contributed by atoms with Gasteiger partial charge in [0.25, 0.3) is 11.8 Å². The van der Waals surface area contributed by atoms with Gasteiger partial charge in [-0.1, -0.05) is 57.2 Å². The normalized spacial score (nSPS) is 18.2. The quantitative estimate of drug-likeness (QED) is 0.364. The number of nitrogens with one attached hydrogen (secondary N) is 1. The van der Waals surface area contributed by atoms with E-state index in [1.807, 2.05) is 30.3 Å². The van der Waals surface area contributed by atoms with E-state index in [1.54, 1.807) is 50.2 Å². The molecule has 3 aromatic rings. The Morgan fingerprint density at radius 3 is 2.35 bits per heavy atom. The topological polar surface area (TPSA) is 72.9 Å². The molecule has 3 atom stereocenters. The van der Waals surface area contributed by atoms with Crippen LogP contribution in [0.2, 0.25) is 0 Å². The molecule has 4 rings (SSSR count). The van der Waals surface area contributed by atoms with E-state index in [4.69, 9.17) is 0 Å². The number of halogens is 1. The molecular weight excluding hydrogens is 505 g/mol. The van der Waals surface area contributed by atoms with Gasteiger partial charge >= 0.3 is 0 Å². The molecule has 40 heavy (non-hydrogen) atoms. The van der Waals surface area contributed by atoms with Crippen molar-refractivity contribution in [1.82, 2.24) is 9.80 Å². The van der Waals surface area contributed by atoms with Crippen LogP contribution >= 0.6 is 0 Å². The largest absolute Gasteiger partial charge is 0.373 e. The third-order valence-electron chi connectivity index (χ3n) is 7.73. The first-order valence-electron chi connectivity index (χ1n) is 13.8. The summed E-state index contributed by atoms with van der Waals surface area (Å²) in [6.07, 6.45) is 0.356. The summed E-state index contributed by atoms with van der Waals surface area (Å²) in [5.41, 5.74) is 3.80. The molecule has 0 aliphatic carbocycles. The Labute approximate surface area is 236 Å². The predicted octanol–water partition coefficient (Wildman–Crippen LogP) is 6.16. The minimum Gasteiger partial charge on any atom is -0.373 e. The SMILES string of the molecule is Cc1cccc(F)c1C(=O)N1CCCC([C@@H](O)Nc2cccc(C(C)(C)C)c2)C1c1ccc(C(=O)N(C)C)cc1. The molecule has 2 N–H and O–H groups in total. The van der Waals surface area contributed by atoms with Crippen molar-refractivity contribution in [3.8, 4) is 0 Å². The lowest BCUT2D eigenvalue weighted by Crippen LogP contribution is -2.48. The number of carbonyl (C=O) groups is 2. The van der Waals surface area contributed by atoms with E-state index < -0.39 is 24.0 Å². The number of benzene rings is 3. The average molecular weight is 546 g/mol. The van der Waals surface area contributed by atoms with Crippen LogP contribution in [-0.4, -0.2) is 53.6 Å². The Bertz CT molecular complexity index is 1340. The summed E-state index contributed by atoms with van der Waals surface area (Å²) in [4.78, 5) is 29.6. The summed E-state index contributed by atoms with van der Waals surface area (Å²) in [7, 11) is 3.39. The fourth-order valence-electron chi connectivity index (χ4n) is 5.49. The number of hydrogen-bond acceptors (Lipinski definition) is 4. The highest BCUT2D eigenvalue weighted by Crippen LogP contribution is 2.40. The summed E-state index contributed by atoms with van der Waals surface area (Å²) in [6.45, 7) is 8.57. The van der Waals surface area contributed by atoms with Crippen LogP contribution in [-0.2, 0) is 5.41 Å². The summed E-state index contributed by atoms with van der Waals surface area (Å²) in [6, 6.07) is 19.2. The molecule has 0 spiro atoms. The average Bonchev–Trinajstić information content (AvgIpc) is 2.91. The second-order valence-corrected chi connectivity index (χ2v) is 11.9. The zero-order valence-corrected chi connectivity index (χ0v) is 24.2. The van der Waals surface area contributed by atoms with Gasteiger partial charge in [-0.25, -0.2) is 4.39 Å². The second kappa shape index (κ2) is 11.8. The number of hydrogen-bond donors (Lipinski definition) is 2. The van der Waals surface area contributed by atoms with Gasteiger partial charge in [-0.15, -0.1) is 0 Å². The van der Waals surface area contributed by atoms with Gasteiger partial charge < -0.3 is 20.2 Å². The van der Waals surface area contributed by atoms with E-state index in [0.717, 1.165) is 16.8 Å². The Balaban J connectivity index is 1.72. The predicted molar refractivity (Wildman–Crippen MR) is 157 cm³/mol. The van der Waals surface area contributed by atoms with Crippen LogP contribution in [0.1, 0.15) is 77.1 Å². The zero-order chi connectivity index (χ0) is 29.2. The lowest BCUT2D eigenvalue weighted by Gasteiger charge is -2.44. The number of anilines is 1. The van der Waals surface area contributed by atoms with Crippen LogP contribution < -0.4 is 5.32 Å². The lowest BCUT2D eigenvalue weighted by atomic mass is 9.82. The molecule has 0 radical (unpaired) electrons. The van der Waals surface area contributed by atoms with Crippen LogP contribution in [0.4, 0.5) is 10.1 Å². The molecule has 7 heteroatoms. The van der Waals surface area contributed by atoms with Gasteiger partial charge in [0.1, 0.15) is 12.0 Å². The highest BCUT2D eigenvalue weighted by atomic mass is 19.1. The zero-order valence-electron chi connectivity index (χ0n) is 24.2. The molecule has 212 valence electrons. The van der Waals surface area contributed by atoms with E-state index in [-0.39, 0.29) is 22.8 Å². The Morgan fingerprint density at radius 1 is 1.05 bits per heavy atom. The van der Waals surface area contributed by atoms with Crippen LogP contribution in [0, 0.1) is 18.7 Å². The van der Waals surface area contributed by atoms with E-state index in [9.17, 15) is 19.1 Å². The monoisotopic (exact) mass is 545 g/mol. The molecule has 3 aromatic carbocycles. The van der Waals surface area contributed by atoms with Gasteiger partial charge in [-0.3, -0.25) is 9.59 Å². The fraction of sp³-hybridized carbons (Fsp3) is 0.394. The van der Waals surface area contributed by atoms with Gasteiger partial charge in [0.2, 0.25) is 0 Å². The number of amides is 2. The summed E-state index contributed by atoms with van der Waals surface area (Å²) < 4.78 is 14.9. The highest BCUT2D eigenvalue weighted by Gasteiger charge is 2.40. The van der Waals surface area contributed by atoms with E-state index in [2.05, 4.69) is 32.2 Å². The third-order valence-corrected chi connectivity index (χ3v) is 7.73. The molecule has 6 nitrogen and oxygen atoms in total. The van der Waals surface area contributed by atoms with Crippen molar-refractivity contribution in [2.45, 2.75) is 58.2 Å². The van der Waals surface area contributed by atoms with Crippen molar-refractivity contribution in [2.75, 3.05) is 26.0 Å². The van der Waals surface area contributed by atoms with Crippen LogP contribution in [0.3, 0.4) is 0 Å². The highest BCUT2D eigenvalue weighted by molar-refractivity contribution is 5.96. The molecular formula is C33H40FN3O3. The first kappa shape index (κ1) is 29.3.